The number of carbonyl (C=O) groups excluding carboxylic acids is 1. The highest BCUT2D eigenvalue weighted by Gasteiger charge is 2.19. The molecule has 0 radical (unpaired) electrons. The lowest BCUT2D eigenvalue weighted by Crippen LogP contribution is -2.30. The summed E-state index contributed by atoms with van der Waals surface area (Å²) < 4.78 is 5.30. The van der Waals surface area contributed by atoms with E-state index in [1.807, 2.05) is 42.6 Å². The van der Waals surface area contributed by atoms with E-state index in [2.05, 4.69) is 34.6 Å². The Kier molecular flexibility index (Phi) is 6.05. The second kappa shape index (κ2) is 9.06. The van der Waals surface area contributed by atoms with Crippen molar-refractivity contribution in [3.8, 4) is 5.75 Å². The first-order valence-electron chi connectivity index (χ1n) is 9.85. The third kappa shape index (κ3) is 4.50. The first-order valence-corrected chi connectivity index (χ1v) is 10.2. The van der Waals surface area contributed by atoms with Gasteiger partial charge >= 0.3 is 0 Å². The number of carbonyl (C=O) groups is 1. The maximum Gasteiger partial charge on any atom is 0.224 e. The summed E-state index contributed by atoms with van der Waals surface area (Å²) >= 11 is 5.93. The van der Waals surface area contributed by atoms with Gasteiger partial charge in [0.1, 0.15) is 5.75 Å². The summed E-state index contributed by atoms with van der Waals surface area (Å²) in [5.41, 5.74) is 4.29. The molecule has 4 rings (SSSR count). The molecule has 1 amide bonds. The average molecular weight is 419 g/mol. The van der Waals surface area contributed by atoms with E-state index in [9.17, 15) is 4.79 Å². The SMILES string of the molecule is COc1ccc(C(CNC(=O)Cc2ccc(Cl)cc2)c2c[nH]c3ccccc23)cc1. The minimum absolute atomic E-state index is 0.0150. The number of hydrogen-bond acceptors (Lipinski definition) is 2. The van der Waals surface area contributed by atoms with Gasteiger partial charge in [-0.1, -0.05) is 54.1 Å². The molecule has 2 N–H and O–H groups in total. The van der Waals surface area contributed by atoms with Crippen LogP contribution in [0.15, 0.2) is 79.0 Å². The van der Waals surface area contributed by atoms with Crippen molar-refractivity contribution < 1.29 is 9.53 Å². The van der Waals surface area contributed by atoms with Gasteiger partial charge in [-0.05, 0) is 47.0 Å². The average Bonchev–Trinajstić information content (AvgIpc) is 3.20. The minimum Gasteiger partial charge on any atom is -0.497 e. The summed E-state index contributed by atoms with van der Waals surface area (Å²) in [4.78, 5) is 15.9. The zero-order valence-corrected chi connectivity index (χ0v) is 17.4. The fraction of sp³-hybridized carbons (Fsp3) is 0.160. The van der Waals surface area contributed by atoms with E-state index in [0.717, 1.165) is 33.3 Å². The number of hydrogen-bond donors (Lipinski definition) is 2. The van der Waals surface area contributed by atoms with Gasteiger partial charge in [-0.2, -0.15) is 0 Å². The van der Waals surface area contributed by atoms with Crippen molar-refractivity contribution in [1.29, 1.82) is 0 Å². The summed E-state index contributed by atoms with van der Waals surface area (Å²) in [7, 11) is 1.66. The highest BCUT2D eigenvalue weighted by atomic mass is 35.5. The van der Waals surface area contributed by atoms with Crippen LogP contribution in [-0.2, 0) is 11.2 Å². The zero-order chi connectivity index (χ0) is 20.9. The molecule has 152 valence electrons. The van der Waals surface area contributed by atoms with E-state index in [1.165, 1.54) is 0 Å². The highest BCUT2D eigenvalue weighted by molar-refractivity contribution is 6.30. The second-order valence-electron chi connectivity index (χ2n) is 7.22. The first-order chi connectivity index (χ1) is 14.6. The van der Waals surface area contributed by atoms with E-state index >= 15 is 0 Å². The number of H-pyrrole nitrogens is 1. The molecule has 0 fully saturated rings. The molecule has 1 aromatic heterocycles. The van der Waals surface area contributed by atoms with Crippen LogP contribution in [0.1, 0.15) is 22.6 Å². The molecule has 0 aliphatic heterocycles. The third-order valence-electron chi connectivity index (χ3n) is 5.30. The van der Waals surface area contributed by atoms with Crippen LogP contribution in [0.3, 0.4) is 0 Å². The topological polar surface area (TPSA) is 54.1 Å². The maximum atomic E-state index is 12.6. The number of methoxy groups -OCH3 is 1. The number of amides is 1. The molecule has 1 atom stereocenters. The molecular weight excluding hydrogens is 396 g/mol. The van der Waals surface area contributed by atoms with E-state index in [1.54, 1.807) is 19.2 Å². The van der Waals surface area contributed by atoms with E-state index < -0.39 is 0 Å². The molecule has 0 aliphatic carbocycles. The normalized spacial score (nSPS) is 11.9. The molecule has 0 saturated heterocycles. The lowest BCUT2D eigenvalue weighted by atomic mass is 9.90. The minimum atomic E-state index is -0.0179. The fourth-order valence-electron chi connectivity index (χ4n) is 3.69. The summed E-state index contributed by atoms with van der Waals surface area (Å²) in [6.45, 7) is 0.501. The zero-order valence-electron chi connectivity index (χ0n) is 16.7. The van der Waals surface area contributed by atoms with Gasteiger partial charge in [-0.25, -0.2) is 0 Å². The molecule has 0 aliphatic rings. The van der Waals surface area contributed by atoms with Crippen LogP contribution in [0.2, 0.25) is 5.02 Å². The van der Waals surface area contributed by atoms with Crippen molar-refractivity contribution in [2.75, 3.05) is 13.7 Å². The summed E-state index contributed by atoms with van der Waals surface area (Å²) in [5.74, 6) is 0.806. The molecular formula is C25H23ClN2O2. The molecule has 1 unspecified atom stereocenters. The van der Waals surface area contributed by atoms with Crippen molar-refractivity contribution >= 4 is 28.4 Å². The third-order valence-corrected chi connectivity index (χ3v) is 5.55. The Balaban J connectivity index is 1.57. The van der Waals surface area contributed by atoms with Crippen molar-refractivity contribution in [1.82, 2.24) is 10.3 Å². The molecule has 4 aromatic rings. The van der Waals surface area contributed by atoms with Crippen molar-refractivity contribution in [3.63, 3.8) is 0 Å². The van der Waals surface area contributed by atoms with Gasteiger partial charge in [0.05, 0.1) is 13.5 Å². The van der Waals surface area contributed by atoms with Crippen LogP contribution >= 0.6 is 11.6 Å². The fourth-order valence-corrected chi connectivity index (χ4v) is 3.82. The van der Waals surface area contributed by atoms with Gasteiger partial charge in [0, 0.05) is 34.6 Å². The van der Waals surface area contributed by atoms with Crippen LogP contribution in [0.25, 0.3) is 10.9 Å². The van der Waals surface area contributed by atoms with Gasteiger partial charge in [-0.3, -0.25) is 4.79 Å². The molecule has 3 aromatic carbocycles. The smallest absolute Gasteiger partial charge is 0.224 e. The Morgan fingerprint density at radius 1 is 1.03 bits per heavy atom. The van der Waals surface area contributed by atoms with Gasteiger partial charge in [0.2, 0.25) is 5.91 Å². The van der Waals surface area contributed by atoms with Crippen LogP contribution in [-0.4, -0.2) is 24.5 Å². The van der Waals surface area contributed by atoms with Gasteiger partial charge in [0.15, 0.2) is 0 Å². The van der Waals surface area contributed by atoms with E-state index in [4.69, 9.17) is 16.3 Å². The second-order valence-corrected chi connectivity index (χ2v) is 7.66. The van der Waals surface area contributed by atoms with E-state index in [-0.39, 0.29) is 11.8 Å². The number of aromatic amines is 1. The number of fused-ring (bicyclic) bond motifs is 1. The van der Waals surface area contributed by atoms with Crippen LogP contribution < -0.4 is 10.1 Å². The number of halogens is 1. The summed E-state index contributed by atoms with van der Waals surface area (Å²) in [5, 5.41) is 4.93. The Morgan fingerprint density at radius 3 is 2.50 bits per heavy atom. The molecule has 0 bridgehead atoms. The number of aromatic nitrogens is 1. The summed E-state index contributed by atoms with van der Waals surface area (Å²) in [6.07, 6.45) is 2.35. The van der Waals surface area contributed by atoms with Crippen LogP contribution in [0.4, 0.5) is 0 Å². The highest BCUT2D eigenvalue weighted by Crippen LogP contribution is 2.31. The maximum absolute atomic E-state index is 12.6. The predicted molar refractivity (Wildman–Crippen MR) is 121 cm³/mol. The molecule has 5 heteroatoms. The van der Waals surface area contributed by atoms with Crippen molar-refractivity contribution in [2.24, 2.45) is 0 Å². The largest absolute Gasteiger partial charge is 0.497 e. The van der Waals surface area contributed by atoms with Crippen LogP contribution in [0, 0.1) is 0 Å². The quantitative estimate of drug-likeness (QED) is 0.426. The number of para-hydroxylation sites is 1. The molecule has 0 saturated carbocycles. The number of rotatable bonds is 7. The molecule has 0 spiro atoms. The number of benzene rings is 3. The molecule has 4 nitrogen and oxygen atoms in total. The Labute approximate surface area is 180 Å². The van der Waals surface area contributed by atoms with Gasteiger partial charge < -0.3 is 15.0 Å². The molecule has 1 heterocycles. The van der Waals surface area contributed by atoms with Crippen LogP contribution in [0.5, 0.6) is 5.75 Å². The lowest BCUT2D eigenvalue weighted by molar-refractivity contribution is -0.120. The van der Waals surface area contributed by atoms with Crippen molar-refractivity contribution in [3.05, 3.63) is 101 Å². The van der Waals surface area contributed by atoms with Gasteiger partial charge in [-0.15, -0.1) is 0 Å². The number of ether oxygens (including phenoxy) is 1. The number of nitrogens with one attached hydrogen (secondary N) is 2. The predicted octanol–water partition coefficient (Wildman–Crippen LogP) is 5.32. The Morgan fingerprint density at radius 2 is 1.77 bits per heavy atom. The first kappa shape index (κ1) is 20.0. The standard InChI is InChI=1S/C25H23ClN2O2/c1-30-20-12-8-18(9-13-20)22(23-16-27-24-5-3-2-4-21(23)24)15-28-25(29)14-17-6-10-19(26)11-7-17/h2-13,16,22,27H,14-15H2,1H3,(H,28,29). The monoisotopic (exact) mass is 418 g/mol. The Hall–Kier alpha value is -3.24. The lowest BCUT2D eigenvalue weighted by Gasteiger charge is -2.19. The Bertz CT molecular complexity index is 1130. The summed E-state index contributed by atoms with van der Waals surface area (Å²) in [6, 6.07) is 23.6. The van der Waals surface area contributed by atoms with Gasteiger partial charge in [0.25, 0.3) is 0 Å². The molecule has 30 heavy (non-hydrogen) atoms. The van der Waals surface area contributed by atoms with E-state index in [0.29, 0.717) is 18.0 Å². The van der Waals surface area contributed by atoms with Crippen molar-refractivity contribution in [2.45, 2.75) is 12.3 Å².